The fourth-order valence-electron chi connectivity index (χ4n) is 1.86. The van der Waals surface area contributed by atoms with Gasteiger partial charge in [0, 0.05) is 18.3 Å². The molecule has 5 nitrogen and oxygen atoms in total. The Morgan fingerprint density at radius 2 is 1.95 bits per heavy atom. The van der Waals surface area contributed by atoms with E-state index in [1.807, 2.05) is 13.0 Å². The molecule has 0 aliphatic carbocycles. The zero-order valence-electron chi connectivity index (χ0n) is 11.6. The Hall–Kier alpha value is -2.43. The van der Waals surface area contributed by atoms with Crippen LogP contribution in [0.3, 0.4) is 0 Å². The van der Waals surface area contributed by atoms with Crippen molar-refractivity contribution in [2.24, 2.45) is 0 Å². The molecule has 1 heterocycles. The first-order valence-corrected chi connectivity index (χ1v) is 6.49. The average molecular weight is 271 g/mol. The van der Waals surface area contributed by atoms with Crippen molar-refractivity contribution in [1.82, 2.24) is 9.97 Å². The van der Waals surface area contributed by atoms with E-state index >= 15 is 0 Å². The second kappa shape index (κ2) is 6.14. The highest BCUT2D eigenvalue weighted by Gasteiger charge is 2.03. The number of carboxylic acid groups (broad SMARTS) is 1. The Labute approximate surface area is 117 Å². The molecule has 1 aromatic carbocycles. The second-order valence-electron chi connectivity index (χ2n) is 4.50. The Morgan fingerprint density at radius 3 is 2.55 bits per heavy atom. The van der Waals surface area contributed by atoms with Crippen LogP contribution in [-0.4, -0.2) is 21.0 Å². The zero-order chi connectivity index (χ0) is 14.5. The van der Waals surface area contributed by atoms with Crippen molar-refractivity contribution in [3.8, 4) is 0 Å². The Balaban J connectivity index is 2.04. The molecule has 2 rings (SSSR count). The molecule has 0 fully saturated rings. The third-order valence-electron chi connectivity index (χ3n) is 2.93. The molecule has 0 unspecified atom stereocenters. The smallest absolute Gasteiger partial charge is 0.335 e. The molecule has 0 radical (unpaired) electrons. The number of nitrogens with one attached hydrogen (secondary N) is 1. The maximum absolute atomic E-state index is 10.8. The molecule has 1 aromatic heterocycles. The number of nitrogens with zero attached hydrogens (tertiary/aromatic N) is 2. The number of aromatic nitrogens is 2. The Kier molecular flexibility index (Phi) is 4.30. The molecule has 104 valence electrons. The van der Waals surface area contributed by atoms with Gasteiger partial charge in [0.15, 0.2) is 0 Å². The van der Waals surface area contributed by atoms with Gasteiger partial charge >= 0.3 is 5.97 Å². The van der Waals surface area contributed by atoms with Crippen molar-refractivity contribution in [3.63, 3.8) is 0 Å². The summed E-state index contributed by atoms with van der Waals surface area (Å²) in [5.74, 6) is 0.619. The summed E-state index contributed by atoms with van der Waals surface area (Å²) >= 11 is 0. The molecular formula is C15H17N3O2. The van der Waals surface area contributed by atoms with Crippen LogP contribution in [0, 0.1) is 6.92 Å². The summed E-state index contributed by atoms with van der Waals surface area (Å²) in [6.07, 6.45) is 0.866. The van der Waals surface area contributed by atoms with Gasteiger partial charge in [0.2, 0.25) is 0 Å². The molecule has 0 saturated carbocycles. The van der Waals surface area contributed by atoms with Gasteiger partial charge in [-0.1, -0.05) is 19.1 Å². The third-order valence-corrected chi connectivity index (χ3v) is 2.93. The summed E-state index contributed by atoms with van der Waals surface area (Å²) in [6, 6.07) is 8.72. The third kappa shape index (κ3) is 3.54. The molecule has 0 amide bonds. The number of anilines is 1. The molecule has 2 N–H and O–H groups in total. The maximum atomic E-state index is 10.8. The minimum absolute atomic E-state index is 0.292. The number of aryl methyl sites for hydroxylation is 2. The van der Waals surface area contributed by atoms with Crippen LogP contribution in [-0.2, 0) is 13.0 Å². The minimum atomic E-state index is -0.913. The fraction of sp³-hybridized carbons (Fsp3) is 0.267. The lowest BCUT2D eigenvalue weighted by Gasteiger charge is -2.08. The summed E-state index contributed by atoms with van der Waals surface area (Å²) in [5.41, 5.74) is 2.30. The van der Waals surface area contributed by atoms with E-state index in [1.54, 1.807) is 24.3 Å². The zero-order valence-corrected chi connectivity index (χ0v) is 11.6. The topological polar surface area (TPSA) is 75.1 Å². The van der Waals surface area contributed by atoms with E-state index in [4.69, 9.17) is 5.11 Å². The van der Waals surface area contributed by atoms with Gasteiger partial charge in [-0.05, 0) is 31.0 Å². The van der Waals surface area contributed by atoms with Crippen LogP contribution < -0.4 is 5.32 Å². The van der Waals surface area contributed by atoms with Gasteiger partial charge in [-0.3, -0.25) is 0 Å². The van der Waals surface area contributed by atoms with E-state index in [-0.39, 0.29) is 0 Å². The first-order chi connectivity index (χ1) is 9.58. The average Bonchev–Trinajstić information content (AvgIpc) is 2.45. The number of carboxylic acids is 1. The van der Waals surface area contributed by atoms with Gasteiger partial charge < -0.3 is 10.4 Å². The van der Waals surface area contributed by atoms with E-state index in [0.717, 1.165) is 29.3 Å². The highest BCUT2D eigenvalue weighted by Crippen LogP contribution is 2.10. The van der Waals surface area contributed by atoms with E-state index in [0.29, 0.717) is 12.1 Å². The monoisotopic (exact) mass is 271 g/mol. The van der Waals surface area contributed by atoms with Gasteiger partial charge in [-0.25, -0.2) is 14.8 Å². The molecule has 0 spiro atoms. The first-order valence-electron chi connectivity index (χ1n) is 6.49. The second-order valence-corrected chi connectivity index (χ2v) is 4.50. The molecule has 0 bridgehead atoms. The maximum Gasteiger partial charge on any atom is 0.335 e. The lowest BCUT2D eigenvalue weighted by Crippen LogP contribution is -2.05. The number of rotatable bonds is 5. The molecule has 0 atom stereocenters. The van der Waals surface area contributed by atoms with Gasteiger partial charge in [-0.2, -0.15) is 0 Å². The Morgan fingerprint density at radius 1 is 1.25 bits per heavy atom. The highest BCUT2D eigenvalue weighted by atomic mass is 16.4. The quantitative estimate of drug-likeness (QED) is 0.874. The predicted molar refractivity (Wildman–Crippen MR) is 76.9 cm³/mol. The number of hydrogen-bond donors (Lipinski definition) is 2. The minimum Gasteiger partial charge on any atom is -0.478 e. The summed E-state index contributed by atoms with van der Waals surface area (Å²) in [5, 5.41) is 12.1. The van der Waals surface area contributed by atoms with Crippen LogP contribution in [0.1, 0.15) is 34.4 Å². The van der Waals surface area contributed by atoms with Crippen molar-refractivity contribution < 1.29 is 9.90 Å². The summed E-state index contributed by atoms with van der Waals surface area (Å²) in [7, 11) is 0. The molecule has 5 heteroatoms. The lowest BCUT2D eigenvalue weighted by atomic mass is 10.1. The van der Waals surface area contributed by atoms with Crippen molar-refractivity contribution in [3.05, 3.63) is 53.0 Å². The van der Waals surface area contributed by atoms with E-state index in [9.17, 15) is 4.79 Å². The molecule has 0 aliphatic rings. The number of carbonyl (C=O) groups is 1. The van der Waals surface area contributed by atoms with Gasteiger partial charge in [0.05, 0.1) is 5.56 Å². The van der Waals surface area contributed by atoms with Crippen molar-refractivity contribution >= 4 is 11.8 Å². The van der Waals surface area contributed by atoms with Gasteiger partial charge in [0.25, 0.3) is 0 Å². The standard InChI is InChI=1S/C15H17N3O2/c1-3-13-8-14(18-10(2)17-13)16-9-11-4-6-12(7-5-11)15(19)20/h4-8H,3,9H2,1-2H3,(H,19,20)(H,16,17,18). The molecule has 2 aromatic rings. The van der Waals surface area contributed by atoms with E-state index < -0.39 is 5.97 Å². The van der Waals surface area contributed by atoms with Crippen LogP contribution in [0.15, 0.2) is 30.3 Å². The predicted octanol–water partition coefficient (Wildman–Crippen LogP) is 2.66. The van der Waals surface area contributed by atoms with Crippen LogP contribution in [0.5, 0.6) is 0 Å². The van der Waals surface area contributed by atoms with Crippen molar-refractivity contribution in [2.75, 3.05) is 5.32 Å². The van der Waals surface area contributed by atoms with Crippen LogP contribution >= 0.6 is 0 Å². The molecule has 0 aliphatic heterocycles. The first kappa shape index (κ1) is 14.0. The van der Waals surface area contributed by atoms with Crippen LogP contribution in [0.4, 0.5) is 5.82 Å². The SMILES string of the molecule is CCc1cc(NCc2ccc(C(=O)O)cc2)nc(C)n1. The van der Waals surface area contributed by atoms with Gasteiger partial charge in [-0.15, -0.1) is 0 Å². The summed E-state index contributed by atoms with van der Waals surface area (Å²) in [4.78, 5) is 19.4. The lowest BCUT2D eigenvalue weighted by molar-refractivity contribution is 0.0697. The van der Waals surface area contributed by atoms with Gasteiger partial charge in [0.1, 0.15) is 11.6 Å². The number of aromatic carboxylic acids is 1. The molecule has 0 saturated heterocycles. The molecular weight excluding hydrogens is 254 g/mol. The van der Waals surface area contributed by atoms with Crippen molar-refractivity contribution in [2.45, 2.75) is 26.8 Å². The van der Waals surface area contributed by atoms with Crippen molar-refractivity contribution in [1.29, 1.82) is 0 Å². The van der Waals surface area contributed by atoms with Crippen LogP contribution in [0.25, 0.3) is 0 Å². The fourth-order valence-corrected chi connectivity index (χ4v) is 1.86. The van der Waals surface area contributed by atoms with E-state index in [1.165, 1.54) is 0 Å². The Bertz CT molecular complexity index is 609. The number of benzene rings is 1. The van der Waals surface area contributed by atoms with Crippen LogP contribution in [0.2, 0.25) is 0 Å². The normalized spacial score (nSPS) is 10.3. The number of hydrogen-bond acceptors (Lipinski definition) is 4. The van der Waals surface area contributed by atoms with E-state index in [2.05, 4.69) is 22.2 Å². The summed E-state index contributed by atoms with van der Waals surface area (Å²) in [6.45, 7) is 4.52. The summed E-state index contributed by atoms with van der Waals surface area (Å²) < 4.78 is 0. The largest absolute Gasteiger partial charge is 0.478 e. The molecule has 20 heavy (non-hydrogen) atoms. The highest BCUT2D eigenvalue weighted by molar-refractivity contribution is 5.87.